The maximum Gasteiger partial charge on any atom is 0.201 e. The summed E-state index contributed by atoms with van der Waals surface area (Å²) in [7, 11) is 9.55. The third-order valence-corrected chi connectivity index (χ3v) is 14.3. The number of rotatable bonds is 20. The normalized spacial score (nSPS) is 18.6. The van der Waals surface area contributed by atoms with Crippen LogP contribution in [-0.2, 0) is 30.5 Å². The van der Waals surface area contributed by atoms with Gasteiger partial charge < -0.3 is 43.2 Å². The quantitative estimate of drug-likeness (QED) is 0.0526. The topological polar surface area (TPSA) is 110 Å². The van der Waals surface area contributed by atoms with Crippen LogP contribution in [0.5, 0.6) is 46.0 Å². The highest BCUT2D eigenvalue weighted by atomic mass is 127. The van der Waals surface area contributed by atoms with Crippen LogP contribution >= 0.6 is 48.0 Å². The number of fused-ring (bicyclic) bond motifs is 2. The summed E-state index contributed by atoms with van der Waals surface area (Å²) in [5.41, 5.74) is 6.92. The highest BCUT2D eigenvalue weighted by Gasteiger charge is 2.40. The van der Waals surface area contributed by atoms with Crippen LogP contribution in [0.15, 0.2) is 60.7 Å². The minimum absolute atomic E-state index is 0. The van der Waals surface area contributed by atoms with Gasteiger partial charge in [0.05, 0.1) is 41.5 Å². The Morgan fingerprint density at radius 2 is 1.27 bits per heavy atom. The molecule has 8 rings (SSSR count). The van der Waals surface area contributed by atoms with Crippen LogP contribution in [-0.4, -0.2) is 75.5 Å². The number of likely N-dealkylation sites (N-methyl/N-ethyl adjacent to an activating group) is 2. The van der Waals surface area contributed by atoms with Gasteiger partial charge in [0.15, 0.2) is 34.5 Å². The van der Waals surface area contributed by atoms with Crippen molar-refractivity contribution in [2.24, 2.45) is 0 Å². The van der Waals surface area contributed by atoms with E-state index in [1.54, 1.807) is 21.3 Å². The van der Waals surface area contributed by atoms with Gasteiger partial charge >= 0.3 is 0 Å². The third kappa shape index (κ3) is 13.4. The molecule has 4 aromatic carbocycles. The molecule has 0 aliphatic carbocycles. The first-order chi connectivity index (χ1) is 31.1. The Morgan fingerprint density at radius 3 is 1.89 bits per heavy atom. The van der Waals surface area contributed by atoms with E-state index >= 15 is 0 Å². The minimum Gasteiger partial charge on any atom is -0.550 e. The van der Waals surface area contributed by atoms with Gasteiger partial charge in [-0.3, -0.25) is 4.90 Å². The van der Waals surface area contributed by atoms with Crippen molar-refractivity contribution in [3.05, 3.63) is 94.0 Å². The zero-order chi connectivity index (χ0) is 45.1. The summed E-state index contributed by atoms with van der Waals surface area (Å²) in [4.78, 5) is 12.9. The summed E-state index contributed by atoms with van der Waals surface area (Å²) >= 11 is 0. The van der Waals surface area contributed by atoms with Crippen molar-refractivity contribution in [3.8, 4) is 46.0 Å². The monoisotopic (exact) mass is 1130 g/mol. The van der Waals surface area contributed by atoms with Crippen molar-refractivity contribution >= 4 is 53.9 Å². The van der Waals surface area contributed by atoms with E-state index in [1.807, 2.05) is 12.1 Å². The lowest BCUT2D eigenvalue weighted by molar-refractivity contribution is -0.941. The Bertz CT molecular complexity index is 2180. The third-order valence-electron chi connectivity index (χ3n) is 14.3. The molecule has 4 aliphatic rings. The van der Waals surface area contributed by atoms with E-state index in [-0.39, 0.29) is 72.2 Å². The van der Waals surface area contributed by atoms with E-state index in [9.17, 15) is 15.0 Å². The standard InChI is InChI=1S/C54H72N2O8.2HI/c1-55-29-27-41-36-50(62-5)53(59)54-52(41)44(55)32-39-23-26-46(60-3)48(34-39)63-42-24-21-38(22-25-42)33-45-43-37-49(64-54)47(61-4)35-40(43)28-31-56(45,2)30-19-17-15-13-11-9-7-6-8-10-12-14-16-18-20-51(57)58;;/h21-26,34-37,44-45H,6-20,27-33H2,1-5H3,(H-,57,58,59);2*1H. The van der Waals surface area contributed by atoms with Gasteiger partial charge in [-0.2, -0.15) is 0 Å². The highest BCUT2D eigenvalue weighted by Crippen LogP contribution is 2.52. The Labute approximate surface area is 428 Å². The molecule has 4 aliphatic heterocycles. The number of nitrogens with zero attached hydrogens (tertiary/aromatic N) is 2. The number of carboxylic acids is 1. The largest absolute Gasteiger partial charge is 0.550 e. The molecule has 0 saturated carbocycles. The fraction of sp³-hybridized carbons (Fsp3) is 0.537. The highest BCUT2D eigenvalue weighted by molar-refractivity contribution is 14.0. The number of quaternary nitrogens is 1. The molecule has 66 heavy (non-hydrogen) atoms. The smallest absolute Gasteiger partial charge is 0.201 e. The zero-order valence-electron chi connectivity index (χ0n) is 40.0. The molecular formula is C54H74I2N2O8. The van der Waals surface area contributed by atoms with Crippen LogP contribution in [0.3, 0.4) is 0 Å². The van der Waals surface area contributed by atoms with Gasteiger partial charge in [-0.1, -0.05) is 88.8 Å². The minimum atomic E-state index is -0.928. The van der Waals surface area contributed by atoms with Crippen LogP contribution in [0.4, 0.5) is 0 Å². The number of hydrogen-bond acceptors (Lipinski definition) is 9. The molecule has 1 N–H and O–H groups in total. The molecule has 6 bridgehead atoms. The predicted octanol–water partition coefficient (Wildman–Crippen LogP) is 12.2. The van der Waals surface area contributed by atoms with Crippen molar-refractivity contribution in [2.75, 3.05) is 55.1 Å². The zero-order valence-corrected chi connectivity index (χ0v) is 44.7. The summed E-state index contributed by atoms with van der Waals surface area (Å²) in [5.74, 6) is 3.22. The maximum absolute atomic E-state index is 11.9. The van der Waals surface area contributed by atoms with Gasteiger partial charge in [0.2, 0.25) is 5.75 Å². The number of aromatic hydroxyl groups is 1. The molecule has 0 fully saturated rings. The molecule has 0 aromatic heterocycles. The van der Waals surface area contributed by atoms with Gasteiger partial charge in [-0.25, -0.2) is 0 Å². The lowest BCUT2D eigenvalue weighted by atomic mass is 9.85. The Hall–Kier alpha value is -3.47. The van der Waals surface area contributed by atoms with E-state index in [0.717, 1.165) is 85.1 Å². The van der Waals surface area contributed by atoms with Crippen molar-refractivity contribution in [2.45, 2.75) is 134 Å². The van der Waals surface area contributed by atoms with E-state index < -0.39 is 5.97 Å². The summed E-state index contributed by atoms with van der Waals surface area (Å²) in [5, 5.41) is 22.5. The molecule has 4 heterocycles. The van der Waals surface area contributed by atoms with Crippen LogP contribution in [0.2, 0.25) is 0 Å². The second kappa shape index (κ2) is 25.8. The van der Waals surface area contributed by atoms with Crippen molar-refractivity contribution in [1.82, 2.24) is 4.90 Å². The first-order valence-corrected chi connectivity index (χ1v) is 24.1. The van der Waals surface area contributed by atoms with Crippen LogP contribution in [0, 0.1) is 0 Å². The van der Waals surface area contributed by atoms with E-state index in [0.29, 0.717) is 40.9 Å². The van der Waals surface area contributed by atoms with Gasteiger partial charge in [0, 0.05) is 42.5 Å². The van der Waals surface area contributed by atoms with E-state index in [4.69, 9.17) is 23.7 Å². The maximum atomic E-state index is 11.9. The van der Waals surface area contributed by atoms with Crippen molar-refractivity contribution in [3.63, 3.8) is 0 Å². The summed E-state index contributed by atoms with van der Waals surface area (Å²) in [6.45, 7) is 2.98. The molecule has 0 saturated heterocycles. The average molecular weight is 1130 g/mol. The van der Waals surface area contributed by atoms with Crippen LogP contribution in [0.25, 0.3) is 0 Å². The summed E-state index contributed by atoms with van der Waals surface area (Å²) < 4.78 is 32.2. The second-order valence-electron chi connectivity index (χ2n) is 18.8. The molecule has 10 nitrogen and oxygen atoms in total. The van der Waals surface area contributed by atoms with E-state index in [1.165, 1.54) is 87.3 Å². The number of methoxy groups -OCH3 is 3. The number of unbranched alkanes of at least 4 members (excludes halogenated alkanes) is 13. The van der Waals surface area contributed by atoms with Gasteiger partial charge in [-0.05, 0) is 110 Å². The molecule has 362 valence electrons. The second-order valence-corrected chi connectivity index (χ2v) is 18.8. The number of carbonyl (C=O) groups excluding carboxylic acids is 1. The molecular weight excluding hydrogens is 1060 g/mol. The molecule has 0 radical (unpaired) electrons. The molecule has 4 aromatic rings. The van der Waals surface area contributed by atoms with Crippen molar-refractivity contribution in [1.29, 1.82) is 0 Å². The van der Waals surface area contributed by atoms with E-state index in [2.05, 4.69) is 67.5 Å². The van der Waals surface area contributed by atoms with Crippen LogP contribution < -0.4 is 28.8 Å². The molecule has 3 atom stereocenters. The Kier molecular flexibility index (Phi) is 20.9. The lowest BCUT2D eigenvalue weighted by Gasteiger charge is -2.46. The predicted molar refractivity (Wildman–Crippen MR) is 281 cm³/mol. The number of carbonyl (C=O) groups is 1. The summed E-state index contributed by atoms with van der Waals surface area (Å²) in [6, 6.07) is 21.1. The fourth-order valence-corrected chi connectivity index (χ4v) is 10.5. The van der Waals surface area contributed by atoms with Crippen LogP contribution in [0.1, 0.15) is 142 Å². The summed E-state index contributed by atoms with van der Waals surface area (Å²) in [6.07, 6.45) is 20.2. The fourth-order valence-electron chi connectivity index (χ4n) is 10.5. The van der Waals surface area contributed by atoms with Gasteiger partial charge in [-0.15, -0.1) is 48.0 Å². The molecule has 0 amide bonds. The molecule has 12 heteroatoms. The van der Waals surface area contributed by atoms with Gasteiger partial charge in [0.25, 0.3) is 0 Å². The first kappa shape index (κ1) is 53.5. The number of aliphatic carboxylic acids is 1. The Balaban J connectivity index is 0.00000408. The van der Waals surface area contributed by atoms with Crippen molar-refractivity contribution < 1.29 is 43.2 Å². The number of hydrogen-bond donors (Lipinski definition) is 1. The number of carboxylic acid groups (broad SMARTS) is 1. The number of benzene rings is 4. The number of halogens is 2. The Morgan fingerprint density at radius 1 is 0.697 bits per heavy atom. The first-order valence-electron chi connectivity index (χ1n) is 24.1. The van der Waals surface area contributed by atoms with Gasteiger partial charge in [0.1, 0.15) is 11.8 Å². The lowest BCUT2D eigenvalue weighted by Crippen LogP contribution is -2.52. The number of ether oxygens (including phenoxy) is 5. The molecule has 0 spiro atoms. The number of phenolic OH excluding ortho intramolecular Hbond substituents is 1. The average Bonchev–Trinajstić information content (AvgIpc) is 3.29. The molecule has 3 unspecified atom stereocenters. The number of phenols is 1. The SMILES string of the molecule is COc1ccc2cc1Oc1ccc(cc1)CC1c3cc(c(OC)cc3CC[N+]1(C)CCCCCCCCCCCCCCCCC(=O)[O-])Oc1c(O)c(OC)cc3c1C(C2)N(C)CC3.I.I.